The highest BCUT2D eigenvalue weighted by Gasteiger charge is 2.31. The molecule has 1 aromatic rings. The summed E-state index contributed by atoms with van der Waals surface area (Å²) in [5.74, 6) is 0.486. The molecule has 0 bridgehead atoms. The van der Waals surface area contributed by atoms with E-state index in [0.717, 1.165) is 6.54 Å². The SMILES string of the molecule is CSC1(CNc2nc[nH]c(=O)c2Cl)CCCCC1. The fourth-order valence-electron chi connectivity index (χ4n) is 2.40. The molecule has 0 saturated heterocycles. The predicted molar refractivity (Wildman–Crippen MR) is 77.7 cm³/mol. The highest BCUT2D eigenvalue weighted by atomic mass is 35.5. The normalized spacial score (nSPS) is 18.6. The van der Waals surface area contributed by atoms with Crippen molar-refractivity contribution in [3.05, 3.63) is 21.7 Å². The fraction of sp³-hybridized carbons (Fsp3) is 0.667. The van der Waals surface area contributed by atoms with Crippen molar-refractivity contribution in [1.29, 1.82) is 0 Å². The van der Waals surface area contributed by atoms with E-state index >= 15 is 0 Å². The average molecular weight is 288 g/mol. The number of hydrogen-bond acceptors (Lipinski definition) is 4. The van der Waals surface area contributed by atoms with Crippen LogP contribution in [0.25, 0.3) is 0 Å². The number of hydrogen-bond donors (Lipinski definition) is 2. The highest BCUT2D eigenvalue weighted by Crippen LogP contribution is 2.38. The number of aromatic nitrogens is 2. The third kappa shape index (κ3) is 3.01. The first-order valence-corrected chi connectivity index (χ1v) is 7.79. The summed E-state index contributed by atoms with van der Waals surface area (Å²) in [6.07, 6.45) is 9.83. The van der Waals surface area contributed by atoms with Crippen molar-refractivity contribution in [2.45, 2.75) is 36.9 Å². The van der Waals surface area contributed by atoms with Crippen LogP contribution in [0.2, 0.25) is 5.02 Å². The van der Waals surface area contributed by atoms with Gasteiger partial charge in [-0.05, 0) is 19.1 Å². The van der Waals surface area contributed by atoms with E-state index in [0.29, 0.717) is 5.82 Å². The van der Waals surface area contributed by atoms with E-state index in [1.807, 2.05) is 11.8 Å². The first-order chi connectivity index (χ1) is 8.67. The molecule has 2 N–H and O–H groups in total. The molecule has 6 heteroatoms. The number of thioether (sulfide) groups is 1. The van der Waals surface area contributed by atoms with E-state index < -0.39 is 0 Å². The molecular weight excluding hydrogens is 270 g/mol. The Balaban J connectivity index is 2.05. The molecule has 1 aromatic heterocycles. The van der Waals surface area contributed by atoms with Crippen LogP contribution in [0.5, 0.6) is 0 Å². The number of anilines is 1. The first-order valence-electron chi connectivity index (χ1n) is 6.19. The molecular formula is C12H18ClN3OS. The van der Waals surface area contributed by atoms with Gasteiger partial charge in [0, 0.05) is 11.3 Å². The number of nitrogens with zero attached hydrogens (tertiary/aromatic N) is 1. The Kier molecular flexibility index (Phi) is 4.56. The molecule has 1 aliphatic carbocycles. The van der Waals surface area contributed by atoms with E-state index in [4.69, 9.17) is 11.6 Å². The summed E-state index contributed by atoms with van der Waals surface area (Å²) < 4.78 is 0.256. The van der Waals surface area contributed by atoms with Gasteiger partial charge in [-0.3, -0.25) is 4.79 Å². The molecule has 4 nitrogen and oxygen atoms in total. The van der Waals surface area contributed by atoms with Crippen molar-refractivity contribution in [2.75, 3.05) is 18.1 Å². The summed E-state index contributed by atoms with van der Waals surface area (Å²) in [5.41, 5.74) is -0.295. The van der Waals surface area contributed by atoms with Gasteiger partial charge in [0.25, 0.3) is 5.56 Å². The number of halogens is 1. The number of H-pyrrole nitrogens is 1. The predicted octanol–water partition coefficient (Wildman–Crippen LogP) is 2.90. The van der Waals surface area contributed by atoms with Crippen molar-refractivity contribution in [3.63, 3.8) is 0 Å². The van der Waals surface area contributed by atoms with Crippen LogP contribution in [-0.4, -0.2) is 27.5 Å². The second kappa shape index (κ2) is 5.97. The van der Waals surface area contributed by atoms with Crippen molar-refractivity contribution in [1.82, 2.24) is 9.97 Å². The van der Waals surface area contributed by atoms with Gasteiger partial charge in [-0.15, -0.1) is 0 Å². The molecule has 1 aliphatic rings. The van der Waals surface area contributed by atoms with Gasteiger partial charge in [-0.1, -0.05) is 30.9 Å². The lowest BCUT2D eigenvalue weighted by Crippen LogP contribution is -2.36. The third-order valence-corrected chi connectivity index (χ3v) is 5.34. The maximum atomic E-state index is 11.4. The van der Waals surface area contributed by atoms with Crippen LogP contribution in [0.4, 0.5) is 5.82 Å². The van der Waals surface area contributed by atoms with Crippen molar-refractivity contribution in [2.24, 2.45) is 0 Å². The fourth-order valence-corrected chi connectivity index (χ4v) is 3.48. The minimum Gasteiger partial charge on any atom is -0.367 e. The van der Waals surface area contributed by atoms with Crippen LogP contribution in [0, 0.1) is 0 Å². The minimum absolute atomic E-state index is 0.143. The molecule has 1 fully saturated rings. The van der Waals surface area contributed by atoms with E-state index in [1.54, 1.807) is 0 Å². The van der Waals surface area contributed by atoms with Crippen LogP contribution in [0.15, 0.2) is 11.1 Å². The zero-order valence-electron chi connectivity index (χ0n) is 10.5. The van der Waals surface area contributed by atoms with Crippen LogP contribution in [0.3, 0.4) is 0 Å². The van der Waals surface area contributed by atoms with Crippen LogP contribution < -0.4 is 10.9 Å². The molecule has 0 aromatic carbocycles. The van der Waals surface area contributed by atoms with Gasteiger partial charge in [-0.25, -0.2) is 4.98 Å². The minimum atomic E-state index is -0.295. The molecule has 0 unspecified atom stereocenters. The zero-order chi connectivity index (χ0) is 13.0. The standard InChI is InChI=1S/C12H18ClN3OS/c1-18-12(5-3-2-4-6-12)7-14-10-9(13)11(17)16-8-15-10/h8H,2-7H2,1H3,(H2,14,15,16,17). The topological polar surface area (TPSA) is 57.8 Å². The Morgan fingerprint density at radius 2 is 2.22 bits per heavy atom. The number of aromatic amines is 1. The van der Waals surface area contributed by atoms with Crippen LogP contribution in [0.1, 0.15) is 32.1 Å². The van der Waals surface area contributed by atoms with Crippen molar-refractivity contribution in [3.8, 4) is 0 Å². The monoisotopic (exact) mass is 287 g/mol. The Morgan fingerprint density at radius 3 is 2.89 bits per heavy atom. The maximum Gasteiger partial charge on any atom is 0.271 e. The van der Waals surface area contributed by atoms with E-state index in [2.05, 4.69) is 21.5 Å². The second-order valence-corrected chi connectivity index (χ2v) is 6.35. The lowest BCUT2D eigenvalue weighted by molar-refractivity contribution is 0.411. The van der Waals surface area contributed by atoms with Gasteiger partial charge < -0.3 is 10.3 Å². The third-order valence-electron chi connectivity index (χ3n) is 3.57. The largest absolute Gasteiger partial charge is 0.367 e. The van der Waals surface area contributed by atoms with Gasteiger partial charge >= 0.3 is 0 Å². The molecule has 2 rings (SSSR count). The molecule has 0 radical (unpaired) electrons. The van der Waals surface area contributed by atoms with E-state index in [1.165, 1.54) is 38.4 Å². The molecule has 1 heterocycles. The summed E-state index contributed by atoms with van der Waals surface area (Å²) in [4.78, 5) is 17.9. The van der Waals surface area contributed by atoms with Gasteiger partial charge in [0.15, 0.2) is 5.82 Å². The van der Waals surface area contributed by atoms with E-state index in [9.17, 15) is 4.79 Å². The summed E-state index contributed by atoms with van der Waals surface area (Å²) in [7, 11) is 0. The summed E-state index contributed by atoms with van der Waals surface area (Å²) >= 11 is 7.83. The average Bonchev–Trinajstić information content (AvgIpc) is 2.41. The Morgan fingerprint density at radius 1 is 1.50 bits per heavy atom. The number of nitrogens with one attached hydrogen (secondary N) is 2. The smallest absolute Gasteiger partial charge is 0.271 e. The maximum absolute atomic E-state index is 11.4. The Labute approximate surface area is 116 Å². The second-order valence-electron chi connectivity index (χ2n) is 4.70. The lowest BCUT2D eigenvalue weighted by atomic mass is 9.88. The van der Waals surface area contributed by atoms with Crippen LogP contribution in [-0.2, 0) is 0 Å². The summed E-state index contributed by atoms with van der Waals surface area (Å²) in [6.45, 7) is 0.810. The first kappa shape index (κ1) is 13.7. The molecule has 18 heavy (non-hydrogen) atoms. The van der Waals surface area contributed by atoms with Crippen molar-refractivity contribution < 1.29 is 0 Å². The quantitative estimate of drug-likeness (QED) is 0.894. The highest BCUT2D eigenvalue weighted by molar-refractivity contribution is 8.00. The lowest BCUT2D eigenvalue weighted by Gasteiger charge is -2.36. The van der Waals surface area contributed by atoms with Crippen LogP contribution >= 0.6 is 23.4 Å². The van der Waals surface area contributed by atoms with E-state index in [-0.39, 0.29) is 15.3 Å². The zero-order valence-corrected chi connectivity index (χ0v) is 12.0. The van der Waals surface area contributed by atoms with Gasteiger partial charge in [0.05, 0.1) is 6.33 Å². The molecule has 0 atom stereocenters. The molecule has 100 valence electrons. The van der Waals surface area contributed by atoms with Crippen molar-refractivity contribution >= 4 is 29.2 Å². The molecule has 1 saturated carbocycles. The molecule has 0 spiro atoms. The van der Waals surface area contributed by atoms with Gasteiger partial charge in [0.1, 0.15) is 5.02 Å². The molecule has 0 aliphatic heterocycles. The van der Waals surface area contributed by atoms with Gasteiger partial charge in [-0.2, -0.15) is 11.8 Å². The number of rotatable bonds is 4. The Hall–Kier alpha value is -0.680. The van der Waals surface area contributed by atoms with Gasteiger partial charge in [0.2, 0.25) is 0 Å². The summed E-state index contributed by atoms with van der Waals surface area (Å²) in [6, 6.07) is 0. The molecule has 0 amide bonds. The Bertz CT molecular complexity index is 457. The summed E-state index contributed by atoms with van der Waals surface area (Å²) in [5, 5.41) is 3.37.